The summed E-state index contributed by atoms with van der Waals surface area (Å²) >= 11 is 5.86. The van der Waals surface area contributed by atoms with Crippen LogP contribution in [-0.2, 0) is 0 Å². The van der Waals surface area contributed by atoms with E-state index in [-0.39, 0.29) is 16.6 Å². The van der Waals surface area contributed by atoms with Crippen molar-refractivity contribution < 1.29 is 9.18 Å². The smallest absolute Gasteiger partial charge is 0.257 e. The molecule has 0 spiro atoms. The summed E-state index contributed by atoms with van der Waals surface area (Å²) in [4.78, 5) is 19.6. The van der Waals surface area contributed by atoms with Gasteiger partial charge in [-0.1, -0.05) is 11.6 Å². The molecule has 2 rings (SSSR count). The van der Waals surface area contributed by atoms with E-state index in [4.69, 9.17) is 16.9 Å². The number of carbonyl (C=O) groups excluding carboxylic acids is 1. The number of carbonyl (C=O) groups is 1. The number of amides is 1. The predicted octanol–water partition coefficient (Wildman–Crippen LogP) is 1.93. The van der Waals surface area contributed by atoms with Crippen LogP contribution in [0.25, 0.3) is 0 Å². The molecule has 0 unspecified atom stereocenters. The van der Waals surface area contributed by atoms with Gasteiger partial charge in [0.15, 0.2) is 0 Å². The third-order valence-electron chi connectivity index (χ3n) is 3.67. The number of aromatic nitrogens is 1. The molecule has 7 heteroatoms. The summed E-state index contributed by atoms with van der Waals surface area (Å²) in [7, 11) is 0. The Hall–Kier alpha value is -1.71. The number of pyridine rings is 1. The molecule has 21 heavy (non-hydrogen) atoms. The van der Waals surface area contributed by atoms with Crippen LogP contribution in [0.5, 0.6) is 0 Å². The van der Waals surface area contributed by atoms with Crippen molar-refractivity contribution in [2.24, 2.45) is 0 Å². The van der Waals surface area contributed by atoms with Crippen LogP contribution >= 0.6 is 11.6 Å². The Labute approximate surface area is 127 Å². The zero-order valence-corrected chi connectivity index (χ0v) is 12.7. The first-order valence-corrected chi connectivity index (χ1v) is 6.99. The minimum atomic E-state index is -0.591. The Morgan fingerprint density at radius 1 is 1.43 bits per heavy atom. The van der Waals surface area contributed by atoms with Crippen LogP contribution in [0.3, 0.4) is 0 Å². The Morgan fingerprint density at radius 2 is 2.05 bits per heavy atom. The molecule has 0 atom stereocenters. The fraction of sp³-hybridized carbons (Fsp3) is 0.500. The summed E-state index contributed by atoms with van der Waals surface area (Å²) in [6.07, 6.45) is 0.979. The van der Waals surface area contributed by atoms with Crippen molar-refractivity contribution >= 4 is 17.5 Å². The van der Waals surface area contributed by atoms with E-state index < -0.39 is 11.4 Å². The van der Waals surface area contributed by atoms with Crippen molar-refractivity contribution in [1.29, 1.82) is 5.26 Å². The average Bonchev–Trinajstić information content (AvgIpc) is 2.49. The molecule has 0 aliphatic carbocycles. The second-order valence-corrected chi connectivity index (χ2v) is 5.80. The lowest BCUT2D eigenvalue weighted by Gasteiger charge is -2.40. The van der Waals surface area contributed by atoms with Crippen LogP contribution in [0.15, 0.2) is 12.3 Å². The van der Waals surface area contributed by atoms with Gasteiger partial charge < -0.3 is 4.90 Å². The molecule has 0 N–H and O–H groups in total. The van der Waals surface area contributed by atoms with Crippen LogP contribution in [-0.4, -0.2) is 52.4 Å². The van der Waals surface area contributed by atoms with Crippen LogP contribution in [0, 0.1) is 17.1 Å². The molecule has 5 nitrogen and oxygen atoms in total. The van der Waals surface area contributed by atoms with E-state index in [9.17, 15) is 9.18 Å². The third-order valence-corrected chi connectivity index (χ3v) is 3.97. The Bertz CT molecular complexity index is 591. The predicted molar refractivity (Wildman–Crippen MR) is 76.4 cm³/mol. The molecular weight excluding hydrogens is 295 g/mol. The van der Waals surface area contributed by atoms with Gasteiger partial charge in [0.05, 0.1) is 17.8 Å². The van der Waals surface area contributed by atoms with E-state index in [1.54, 1.807) is 4.90 Å². The highest BCUT2D eigenvalue weighted by atomic mass is 35.5. The molecule has 1 fully saturated rings. The molecule has 1 saturated heterocycles. The van der Waals surface area contributed by atoms with Crippen molar-refractivity contribution in [2.75, 3.05) is 26.2 Å². The molecule has 0 bridgehead atoms. The number of nitrogens with zero attached hydrogens (tertiary/aromatic N) is 4. The zero-order chi connectivity index (χ0) is 15.6. The summed E-state index contributed by atoms with van der Waals surface area (Å²) in [5.41, 5.74) is -0.489. The number of piperazine rings is 1. The normalized spacial score (nSPS) is 16.6. The molecule has 112 valence electrons. The molecule has 0 saturated carbocycles. The third kappa shape index (κ3) is 3.31. The lowest BCUT2D eigenvalue weighted by molar-refractivity contribution is 0.0520. The first kappa shape index (κ1) is 15.7. The number of rotatable bonds is 2. The summed E-state index contributed by atoms with van der Waals surface area (Å²) in [5, 5.41) is 9.13. The highest BCUT2D eigenvalue weighted by Crippen LogP contribution is 2.20. The molecule has 1 aliphatic rings. The van der Waals surface area contributed by atoms with Gasteiger partial charge in [0.1, 0.15) is 16.5 Å². The largest absolute Gasteiger partial charge is 0.336 e. The second kappa shape index (κ2) is 5.96. The van der Waals surface area contributed by atoms with Crippen LogP contribution in [0.4, 0.5) is 4.39 Å². The summed E-state index contributed by atoms with van der Waals surface area (Å²) < 4.78 is 13.2. The van der Waals surface area contributed by atoms with Crippen molar-refractivity contribution in [2.45, 2.75) is 19.4 Å². The van der Waals surface area contributed by atoms with Crippen LogP contribution < -0.4 is 0 Å². The summed E-state index contributed by atoms with van der Waals surface area (Å²) in [5.74, 6) is -0.923. The fourth-order valence-corrected chi connectivity index (χ4v) is 2.47. The van der Waals surface area contributed by atoms with E-state index in [2.05, 4.69) is 11.1 Å². The lowest BCUT2D eigenvalue weighted by Crippen LogP contribution is -2.55. The van der Waals surface area contributed by atoms with Gasteiger partial charge in [0.2, 0.25) is 0 Å². The molecule has 1 aromatic rings. The molecule has 0 aromatic carbocycles. The summed E-state index contributed by atoms with van der Waals surface area (Å²) in [6, 6.07) is 3.35. The number of hydrogen-bond donors (Lipinski definition) is 0. The monoisotopic (exact) mass is 310 g/mol. The molecule has 1 aliphatic heterocycles. The molecule has 1 amide bonds. The standard InChI is InChI=1S/C14H16ClFN4O/c1-14(2,9-17)20-5-3-19(4-6-20)13(21)11-7-10(16)8-18-12(11)15/h7-8H,3-6H2,1-2H3. The lowest BCUT2D eigenvalue weighted by atomic mass is 10.0. The quantitative estimate of drug-likeness (QED) is 0.783. The average molecular weight is 311 g/mol. The Kier molecular flexibility index (Phi) is 4.45. The topological polar surface area (TPSA) is 60.2 Å². The maximum atomic E-state index is 13.2. The van der Waals surface area contributed by atoms with Gasteiger partial charge in [-0.2, -0.15) is 5.26 Å². The van der Waals surface area contributed by atoms with Crippen molar-refractivity contribution in [3.63, 3.8) is 0 Å². The highest BCUT2D eigenvalue weighted by molar-refractivity contribution is 6.32. The highest BCUT2D eigenvalue weighted by Gasteiger charge is 2.32. The van der Waals surface area contributed by atoms with E-state index >= 15 is 0 Å². The molecular formula is C14H16ClFN4O. The van der Waals surface area contributed by atoms with E-state index in [0.29, 0.717) is 26.2 Å². The van der Waals surface area contributed by atoms with Gasteiger partial charge >= 0.3 is 0 Å². The van der Waals surface area contributed by atoms with Crippen molar-refractivity contribution in [3.8, 4) is 6.07 Å². The zero-order valence-electron chi connectivity index (χ0n) is 11.9. The van der Waals surface area contributed by atoms with Gasteiger partial charge in [-0.15, -0.1) is 0 Å². The van der Waals surface area contributed by atoms with Crippen LogP contribution in [0.1, 0.15) is 24.2 Å². The number of halogens is 2. The fourth-order valence-electron chi connectivity index (χ4n) is 2.28. The van der Waals surface area contributed by atoms with Gasteiger partial charge in [-0.3, -0.25) is 9.69 Å². The van der Waals surface area contributed by atoms with Gasteiger partial charge in [-0.25, -0.2) is 9.37 Å². The van der Waals surface area contributed by atoms with Gasteiger partial charge in [0, 0.05) is 26.2 Å². The molecule has 1 aromatic heterocycles. The minimum absolute atomic E-state index is 0.00110. The Balaban J connectivity index is 2.07. The SMILES string of the molecule is CC(C)(C#N)N1CCN(C(=O)c2cc(F)cnc2Cl)CC1. The minimum Gasteiger partial charge on any atom is -0.336 e. The van der Waals surface area contributed by atoms with E-state index in [0.717, 1.165) is 12.3 Å². The van der Waals surface area contributed by atoms with Gasteiger partial charge in [0.25, 0.3) is 5.91 Å². The molecule has 2 heterocycles. The van der Waals surface area contributed by atoms with Crippen molar-refractivity contribution in [1.82, 2.24) is 14.8 Å². The van der Waals surface area contributed by atoms with Crippen LogP contribution in [0.2, 0.25) is 5.15 Å². The first-order chi connectivity index (χ1) is 9.85. The first-order valence-electron chi connectivity index (χ1n) is 6.62. The van der Waals surface area contributed by atoms with Crippen molar-refractivity contribution in [3.05, 3.63) is 28.8 Å². The maximum absolute atomic E-state index is 13.2. The number of hydrogen-bond acceptors (Lipinski definition) is 4. The Morgan fingerprint density at radius 3 is 2.62 bits per heavy atom. The van der Waals surface area contributed by atoms with Gasteiger partial charge in [-0.05, 0) is 19.9 Å². The van der Waals surface area contributed by atoms with E-state index in [1.165, 1.54) is 0 Å². The molecule has 0 radical (unpaired) electrons. The van der Waals surface area contributed by atoms with E-state index in [1.807, 2.05) is 18.7 Å². The number of nitriles is 1. The maximum Gasteiger partial charge on any atom is 0.257 e. The summed E-state index contributed by atoms with van der Waals surface area (Å²) in [6.45, 7) is 5.81. The second-order valence-electron chi connectivity index (χ2n) is 5.44.